The second-order valence-corrected chi connectivity index (χ2v) is 5.96. The second-order valence-electron chi connectivity index (χ2n) is 5.96. The zero-order chi connectivity index (χ0) is 16.5. The summed E-state index contributed by atoms with van der Waals surface area (Å²) in [6.45, 7) is 1.15. The molecular weight excluding hydrogens is 308 g/mol. The third kappa shape index (κ3) is 2.54. The predicted molar refractivity (Wildman–Crippen MR) is 86.3 cm³/mol. The fourth-order valence-corrected chi connectivity index (χ4v) is 3.32. The van der Waals surface area contributed by atoms with Crippen molar-refractivity contribution in [1.82, 2.24) is 30.3 Å². The van der Waals surface area contributed by atoms with Crippen molar-refractivity contribution >= 4 is 16.9 Å². The van der Waals surface area contributed by atoms with E-state index in [2.05, 4.69) is 25.4 Å². The summed E-state index contributed by atoms with van der Waals surface area (Å²) in [5.41, 5.74) is 2.59. The highest BCUT2D eigenvalue weighted by Crippen LogP contribution is 2.28. The molecule has 4 rings (SSSR count). The number of fused-ring (bicyclic) bond motifs is 1. The monoisotopic (exact) mass is 326 g/mol. The number of pyridine rings is 1. The molecule has 8 nitrogen and oxygen atoms in total. The van der Waals surface area contributed by atoms with E-state index in [1.54, 1.807) is 19.5 Å². The van der Waals surface area contributed by atoms with Gasteiger partial charge in [-0.05, 0) is 17.7 Å². The van der Waals surface area contributed by atoms with Crippen molar-refractivity contribution in [3.05, 3.63) is 42.0 Å². The minimum atomic E-state index is -0.0660. The number of rotatable bonds is 4. The topological polar surface area (TPSA) is 99.8 Å². The minimum Gasteiger partial charge on any atom is -0.379 e. The van der Waals surface area contributed by atoms with Crippen molar-refractivity contribution in [2.75, 3.05) is 20.2 Å². The Hall–Kier alpha value is -2.74. The number of likely N-dealkylation sites (tertiary alicyclic amines) is 1. The van der Waals surface area contributed by atoms with Crippen LogP contribution in [0.15, 0.2) is 30.7 Å². The molecule has 24 heavy (non-hydrogen) atoms. The number of methoxy groups -OCH3 is 1. The second kappa shape index (κ2) is 6.04. The lowest BCUT2D eigenvalue weighted by atomic mass is 10.0. The van der Waals surface area contributed by atoms with Gasteiger partial charge < -0.3 is 14.6 Å². The van der Waals surface area contributed by atoms with Crippen molar-refractivity contribution in [2.45, 2.75) is 18.4 Å². The molecule has 124 valence electrons. The van der Waals surface area contributed by atoms with Crippen LogP contribution in [0.1, 0.15) is 17.2 Å². The first-order chi connectivity index (χ1) is 11.8. The van der Waals surface area contributed by atoms with Crippen LogP contribution in [0, 0.1) is 0 Å². The number of carbonyl (C=O) groups excluding carboxylic acids is 1. The van der Waals surface area contributed by atoms with Crippen LogP contribution in [0.2, 0.25) is 0 Å². The molecule has 0 saturated carbocycles. The van der Waals surface area contributed by atoms with Crippen molar-refractivity contribution in [3.63, 3.8) is 0 Å². The van der Waals surface area contributed by atoms with Gasteiger partial charge in [0.1, 0.15) is 5.65 Å². The molecule has 0 aromatic carbocycles. The third-order valence-electron chi connectivity index (χ3n) is 4.61. The Morgan fingerprint density at radius 3 is 3.17 bits per heavy atom. The largest absolute Gasteiger partial charge is 0.379 e. The summed E-state index contributed by atoms with van der Waals surface area (Å²) in [5.74, 6) is 0.120. The fraction of sp³-hybridized carbons (Fsp3) is 0.375. The molecule has 3 aromatic rings. The molecule has 1 saturated heterocycles. The Morgan fingerprint density at radius 1 is 1.46 bits per heavy atom. The number of nitrogens with zero attached hydrogens (tertiary/aromatic N) is 4. The van der Waals surface area contributed by atoms with Crippen LogP contribution < -0.4 is 0 Å². The number of H-pyrrole nitrogens is 2. The van der Waals surface area contributed by atoms with E-state index in [-0.39, 0.29) is 17.9 Å². The summed E-state index contributed by atoms with van der Waals surface area (Å²) in [4.78, 5) is 21.9. The van der Waals surface area contributed by atoms with Gasteiger partial charge in [0.25, 0.3) is 0 Å². The molecule has 1 fully saturated rings. The maximum Gasteiger partial charge on any atom is 0.227 e. The highest BCUT2D eigenvalue weighted by Gasteiger charge is 2.37. The number of hydrogen-bond donors (Lipinski definition) is 2. The maximum atomic E-state index is 12.7. The fourth-order valence-electron chi connectivity index (χ4n) is 3.32. The Labute approximate surface area is 138 Å². The Balaban J connectivity index is 1.51. The molecule has 8 heteroatoms. The molecular formula is C16H18N6O2. The molecule has 0 spiro atoms. The first kappa shape index (κ1) is 14.8. The van der Waals surface area contributed by atoms with E-state index in [1.165, 1.54) is 0 Å². The Bertz CT molecular complexity index is 843. The number of hydrogen-bond acceptors (Lipinski definition) is 5. The number of nitrogens with one attached hydrogen (secondary N) is 2. The quantitative estimate of drug-likeness (QED) is 0.741. The average Bonchev–Trinajstić information content (AvgIpc) is 3.34. The van der Waals surface area contributed by atoms with E-state index in [4.69, 9.17) is 4.74 Å². The van der Waals surface area contributed by atoms with Gasteiger partial charge in [-0.2, -0.15) is 15.4 Å². The maximum absolute atomic E-state index is 12.7. The van der Waals surface area contributed by atoms with E-state index in [0.29, 0.717) is 19.5 Å². The van der Waals surface area contributed by atoms with Crippen LogP contribution in [0.5, 0.6) is 0 Å². The van der Waals surface area contributed by atoms with Crippen LogP contribution in [-0.4, -0.2) is 62.5 Å². The van der Waals surface area contributed by atoms with Crippen LogP contribution in [0.4, 0.5) is 0 Å². The molecule has 4 heterocycles. The van der Waals surface area contributed by atoms with Crippen molar-refractivity contribution in [2.24, 2.45) is 0 Å². The molecule has 1 aliphatic heterocycles. The van der Waals surface area contributed by atoms with Crippen LogP contribution in [-0.2, 0) is 16.0 Å². The Morgan fingerprint density at radius 2 is 2.38 bits per heavy atom. The lowest BCUT2D eigenvalue weighted by molar-refractivity contribution is -0.129. The zero-order valence-electron chi connectivity index (χ0n) is 13.3. The molecule has 0 bridgehead atoms. The standard InChI is InChI=1S/C16H18N6O2/c1-24-14-9-22(8-12(14)13-7-19-21-20-13)15(23)5-10-6-18-16-11(10)3-2-4-17-16/h2-4,6-7,12,14H,5,8-9H2,1H3,(H,17,18)(H,19,20,21)/t12-,14+/m0/s1. The summed E-state index contributed by atoms with van der Waals surface area (Å²) >= 11 is 0. The molecule has 0 unspecified atom stereocenters. The van der Waals surface area contributed by atoms with Gasteiger partial charge >= 0.3 is 0 Å². The number of amides is 1. The van der Waals surface area contributed by atoms with Crippen LogP contribution in [0.25, 0.3) is 11.0 Å². The highest BCUT2D eigenvalue weighted by atomic mass is 16.5. The first-order valence-electron chi connectivity index (χ1n) is 7.83. The Kier molecular flexibility index (Phi) is 3.73. The van der Waals surface area contributed by atoms with Gasteiger partial charge in [-0.3, -0.25) is 4.79 Å². The van der Waals surface area contributed by atoms with Crippen molar-refractivity contribution in [1.29, 1.82) is 0 Å². The highest BCUT2D eigenvalue weighted by molar-refractivity contribution is 5.87. The lowest BCUT2D eigenvalue weighted by Crippen LogP contribution is -2.31. The van der Waals surface area contributed by atoms with E-state index >= 15 is 0 Å². The SMILES string of the molecule is CO[C@@H]1CN(C(=O)Cc2c[nH]c3ncccc23)C[C@H]1c1cn[nH]n1. The van der Waals surface area contributed by atoms with Gasteiger partial charge in [0.2, 0.25) is 5.91 Å². The van der Waals surface area contributed by atoms with E-state index < -0.39 is 0 Å². The summed E-state index contributed by atoms with van der Waals surface area (Å²) in [7, 11) is 1.66. The smallest absolute Gasteiger partial charge is 0.227 e. The van der Waals surface area contributed by atoms with Gasteiger partial charge in [0.05, 0.1) is 30.3 Å². The molecule has 2 N–H and O–H groups in total. The van der Waals surface area contributed by atoms with Gasteiger partial charge in [-0.1, -0.05) is 0 Å². The van der Waals surface area contributed by atoms with Gasteiger partial charge in [-0.25, -0.2) is 4.98 Å². The minimum absolute atomic E-state index is 0.0438. The molecule has 0 aliphatic carbocycles. The summed E-state index contributed by atoms with van der Waals surface area (Å²) in [5, 5.41) is 11.6. The van der Waals surface area contributed by atoms with Gasteiger partial charge in [-0.15, -0.1) is 0 Å². The number of carbonyl (C=O) groups is 1. The molecule has 1 aliphatic rings. The van der Waals surface area contributed by atoms with Crippen LogP contribution >= 0.6 is 0 Å². The average molecular weight is 326 g/mol. The van der Waals surface area contributed by atoms with E-state index in [0.717, 1.165) is 22.3 Å². The van der Waals surface area contributed by atoms with E-state index in [9.17, 15) is 4.79 Å². The molecule has 0 radical (unpaired) electrons. The molecule has 3 aromatic heterocycles. The lowest BCUT2D eigenvalue weighted by Gasteiger charge is -2.15. The van der Waals surface area contributed by atoms with Gasteiger partial charge in [0.15, 0.2) is 0 Å². The summed E-state index contributed by atoms with van der Waals surface area (Å²) in [6.07, 6.45) is 5.55. The first-order valence-corrected chi connectivity index (χ1v) is 7.83. The number of aromatic amines is 2. The van der Waals surface area contributed by atoms with Crippen molar-refractivity contribution < 1.29 is 9.53 Å². The predicted octanol–water partition coefficient (Wildman–Crippen LogP) is 0.864. The number of aromatic nitrogens is 5. The zero-order valence-corrected chi connectivity index (χ0v) is 13.3. The van der Waals surface area contributed by atoms with Crippen LogP contribution in [0.3, 0.4) is 0 Å². The van der Waals surface area contributed by atoms with E-state index in [1.807, 2.05) is 23.2 Å². The van der Waals surface area contributed by atoms with Gasteiger partial charge in [0, 0.05) is 38.0 Å². The molecule has 1 amide bonds. The normalized spacial score (nSPS) is 20.8. The summed E-state index contributed by atoms with van der Waals surface area (Å²) < 4.78 is 5.54. The van der Waals surface area contributed by atoms with Crippen molar-refractivity contribution in [3.8, 4) is 0 Å². The number of ether oxygens (including phenoxy) is 1. The third-order valence-corrected chi connectivity index (χ3v) is 4.61. The summed E-state index contributed by atoms with van der Waals surface area (Å²) in [6, 6.07) is 3.85. The molecule has 2 atom stereocenters.